The number of fused-ring (bicyclic) bond motifs is 3. The smallest absolute Gasteiger partial charge is 0.169 e. The zero-order valence-electron chi connectivity index (χ0n) is 21.5. The van der Waals surface area contributed by atoms with Crippen LogP contribution in [0.25, 0.3) is 38.6 Å². The predicted octanol–water partition coefficient (Wildman–Crippen LogP) is 7.87. The Hall–Kier alpha value is -3.39. The molecule has 0 fully saturated rings. The largest absolute Gasteiger partial charge is 0.309 e. The summed E-state index contributed by atoms with van der Waals surface area (Å²) in [5, 5.41) is 2.65. The maximum Gasteiger partial charge on any atom is 0.169 e. The quantitative estimate of drug-likeness (QED) is 0.243. The lowest BCUT2D eigenvalue weighted by atomic mass is 9.85. The fourth-order valence-electron chi connectivity index (χ4n) is 4.73. The first-order chi connectivity index (χ1) is 16.0. The second kappa shape index (κ2) is 7.84. The van der Waals surface area contributed by atoms with E-state index in [2.05, 4.69) is 136 Å². The van der Waals surface area contributed by atoms with Crippen molar-refractivity contribution in [1.29, 1.82) is 0 Å². The number of aromatic nitrogens is 2. The Balaban J connectivity index is 1.73. The Morgan fingerprint density at radius 3 is 1.44 bits per heavy atom. The molecular formula is C32H35N2+. The molecule has 0 atom stereocenters. The number of nitrogens with zero attached hydrogens (tertiary/aromatic N) is 2. The molecule has 172 valence electrons. The molecule has 2 aromatic heterocycles. The maximum atomic E-state index is 2.42. The van der Waals surface area contributed by atoms with Crippen molar-refractivity contribution in [2.24, 2.45) is 7.05 Å². The molecule has 2 nitrogen and oxygen atoms in total. The highest BCUT2D eigenvalue weighted by atomic mass is 15.0. The van der Waals surface area contributed by atoms with Crippen LogP contribution >= 0.6 is 0 Å². The molecule has 5 rings (SSSR count). The molecule has 0 saturated carbocycles. The van der Waals surface area contributed by atoms with Crippen LogP contribution in [0.5, 0.6) is 0 Å². The summed E-state index contributed by atoms with van der Waals surface area (Å²) in [5.41, 5.74) is 9.13. The van der Waals surface area contributed by atoms with Gasteiger partial charge in [-0.15, -0.1) is 0 Å². The van der Waals surface area contributed by atoms with E-state index in [1.807, 2.05) is 7.05 Å². The van der Waals surface area contributed by atoms with Crippen molar-refractivity contribution < 1.29 is 4.57 Å². The molecule has 5 aromatic rings. The first-order valence-electron chi connectivity index (χ1n) is 12.2. The van der Waals surface area contributed by atoms with Gasteiger partial charge in [-0.05, 0) is 69.5 Å². The number of hydrogen-bond donors (Lipinski definition) is 0. The van der Waals surface area contributed by atoms with Crippen LogP contribution in [-0.2, 0) is 17.9 Å². The van der Waals surface area contributed by atoms with E-state index in [9.17, 15) is 0 Å². The van der Waals surface area contributed by atoms with Crippen molar-refractivity contribution in [3.05, 3.63) is 96.3 Å². The standard InChI is InChI=1S/C32H35N2/c1-31(2,3)24-10-14-29-27(20-24)28-21-25(32(4,5)6)11-15-30(28)34(29)26-12-8-22(9-13-26)23-16-18-33(7)19-17-23/h8-21H,1-7H3/q+1. The molecule has 0 aliphatic carbocycles. The summed E-state index contributed by atoms with van der Waals surface area (Å²) < 4.78 is 4.48. The lowest BCUT2D eigenvalue weighted by Crippen LogP contribution is -2.25. The van der Waals surface area contributed by atoms with Crippen LogP contribution in [0.15, 0.2) is 85.2 Å². The SMILES string of the molecule is C[n+]1ccc(-c2ccc(-n3c4ccc(C(C)(C)C)cc4c4cc(C(C)(C)C)ccc43)cc2)cc1. The topological polar surface area (TPSA) is 8.81 Å². The van der Waals surface area contributed by atoms with Gasteiger partial charge < -0.3 is 4.57 Å². The molecule has 0 spiro atoms. The Bertz CT molecular complexity index is 1420. The summed E-state index contributed by atoms with van der Waals surface area (Å²) in [6.07, 6.45) is 4.19. The normalized spacial score (nSPS) is 12.6. The maximum absolute atomic E-state index is 2.42. The Morgan fingerprint density at radius 1 is 0.559 bits per heavy atom. The van der Waals surface area contributed by atoms with Crippen molar-refractivity contribution >= 4 is 21.8 Å². The molecule has 0 saturated heterocycles. The molecule has 0 amide bonds. The zero-order chi connectivity index (χ0) is 24.3. The highest BCUT2D eigenvalue weighted by Gasteiger charge is 2.20. The van der Waals surface area contributed by atoms with Gasteiger partial charge in [0.2, 0.25) is 0 Å². The van der Waals surface area contributed by atoms with Crippen molar-refractivity contribution in [1.82, 2.24) is 4.57 Å². The molecule has 3 aromatic carbocycles. The third-order valence-electron chi connectivity index (χ3n) is 6.93. The molecule has 2 heteroatoms. The number of aryl methyl sites for hydroxylation is 1. The monoisotopic (exact) mass is 447 g/mol. The predicted molar refractivity (Wildman–Crippen MR) is 145 cm³/mol. The van der Waals surface area contributed by atoms with Crippen LogP contribution in [-0.4, -0.2) is 4.57 Å². The Morgan fingerprint density at radius 2 is 1.00 bits per heavy atom. The van der Waals surface area contributed by atoms with E-state index in [0.29, 0.717) is 0 Å². The van der Waals surface area contributed by atoms with E-state index >= 15 is 0 Å². The van der Waals surface area contributed by atoms with Crippen LogP contribution in [0.3, 0.4) is 0 Å². The Labute approximate surface area is 203 Å². The number of pyridine rings is 1. The van der Waals surface area contributed by atoms with Gasteiger partial charge in [-0.1, -0.05) is 65.8 Å². The lowest BCUT2D eigenvalue weighted by molar-refractivity contribution is -0.671. The Kier molecular flexibility index (Phi) is 5.16. The lowest BCUT2D eigenvalue weighted by Gasteiger charge is -2.19. The average Bonchev–Trinajstić information content (AvgIpc) is 3.12. The first-order valence-corrected chi connectivity index (χ1v) is 12.2. The summed E-state index contributed by atoms with van der Waals surface area (Å²) >= 11 is 0. The summed E-state index contributed by atoms with van der Waals surface area (Å²) in [4.78, 5) is 0. The molecule has 0 bridgehead atoms. The van der Waals surface area contributed by atoms with Crippen molar-refractivity contribution in [3.8, 4) is 16.8 Å². The minimum Gasteiger partial charge on any atom is -0.309 e. The number of hydrogen-bond acceptors (Lipinski definition) is 0. The van der Waals surface area contributed by atoms with Gasteiger partial charge in [0.15, 0.2) is 12.4 Å². The van der Waals surface area contributed by atoms with Gasteiger partial charge in [0.1, 0.15) is 7.05 Å². The molecule has 0 aliphatic rings. The van der Waals surface area contributed by atoms with E-state index in [1.165, 1.54) is 49.7 Å². The van der Waals surface area contributed by atoms with E-state index in [-0.39, 0.29) is 10.8 Å². The van der Waals surface area contributed by atoms with Crippen LogP contribution < -0.4 is 4.57 Å². The zero-order valence-corrected chi connectivity index (χ0v) is 21.5. The summed E-state index contributed by atoms with van der Waals surface area (Å²) in [5.74, 6) is 0. The van der Waals surface area contributed by atoms with Gasteiger partial charge in [0, 0.05) is 28.6 Å². The fourth-order valence-corrected chi connectivity index (χ4v) is 4.73. The van der Waals surface area contributed by atoms with Crippen LogP contribution in [0, 0.1) is 0 Å². The highest BCUT2D eigenvalue weighted by Crippen LogP contribution is 2.37. The van der Waals surface area contributed by atoms with Gasteiger partial charge in [-0.3, -0.25) is 0 Å². The third kappa shape index (κ3) is 3.92. The molecular weight excluding hydrogens is 412 g/mol. The van der Waals surface area contributed by atoms with E-state index in [1.54, 1.807) is 0 Å². The van der Waals surface area contributed by atoms with Gasteiger partial charge in [-0.25, -0.2) is 4.57 Å². The number of rotatable bonds is 2. The first kappa shape index (κ1) is 22.4. The van der Waals surface area contributed by atoms with E-state index in [4.69, 9.17) is 0 Å². The summed E-state index contributed by atoms with van der Waals surface area (Å²) in [6, 6.07) is 27.3. The third-order valence-corrected chi connectivity index (χ3v) is 6.93. The van der Waals surface area contributed by atoms with Gasteiger partial charge in [0.25, 0.3) is 0 Å². The highest BCUT2D eigenvalue weighted by molar-refractivity contribution is 6.09. The van der Waals surface area contributed by atoms with Crippen molar-refractivity contribution in [3.63, 3.8) is 0 Å². The number of benzene rings is 3. The minimum absolute atomic E-state index is 0.109. The van der Waals surface area contributed by atoms with Crippen LogP contribution in [0.1, 0.15) is 52.7 Å². The van der Waals surface area contributed by atoms with Crippen molar-refractivity contribution in [2.45, 2.75) is 52.4 Å². The van der Waals surface area contributed by atoms with E-state index < -0.39 is 0 Å². The minimum atomic E-state index is 0.109. The molecule has 0 N–H and O–H groups in total. The molecule has 2 heterocycles. The summed E-state index contributed by atoms with van der Waals surface area (Å²) in [7, 11) is 2.05. The molecule has 0 unspecified atom stereocenters. The second-order valence-corrected chi connectivity index (χ2v) is 11.6. The second-order valence-electron chi connectivity index (χ2n) is 11.6. The van der Waals surface area contributed by atoms with E-state index in [0.717, 1.165) is 0 Å². The van der Waals surface area contributed by atoms with Crippen molar-refractivity contribution in [2.75, 3.05) is 0 Å². The fraction of sp³-hybridized carbons (Fsp3) is 0.281. The van der Waals surface area contributed by atoms with Crippen LogP contribution in [0.4, 0.5) is 0 Å². The molecule has 0 aliphatic heterocycles. The molecule has 0 radical (unpaired) electrons. The summed E-state index contributed by atoms with van der Waals surface area (Å²) in [6.45, 7) is 13.7. The van der Waals surface area contributed by atoms with Gasteiger partial charge in [-0.2, -0.15) is 0 Å². The van der Waals surface area contributed by atoms with Gasteiger partial charge in [0.05, 0.1) is 11.0 Å². The average molecular weight is 448 g/mol. The van der Waals surface area contributed by atoms with Gasteiger partial charge >= 0.3 is 0 Å². The van der Waals surface area contributed by atoms with Crippen LogP contribution in [0.2, 0.25) is 0 Å². The molecule has 34 heavy (non-hydrogen) atoms.